The Morgan fingerprint density at radius 1 is 1.29 bits per heavy atom. The van der Waals surface area contributed by atoms with E-state index in [1.54, 1.807) is 0 Å². The lowest BCUT2D eigenvalue weighted by atomic mass is 9.76. The molecule has 1 unspecified atom stereocenters. The van der Waals surface area contributed by atoms with Crippen molar-refractivity contribution >= 4 is 11.6 Å². The van der Waals surface area contributed by atoms with E-state index in [4.69, 9.17) is 11.6 Å². The summed E-state index contributed by atoms with van der Waals surface area (Å²) in [7, 11) is 4.37. The van der Waals surface area contributed by atoms with Crippen molar-refractivity contribution < 1.29 is 0 Å². The van der Waals surface area contributed by atoms with Gasteiger partial charge in [0.15, 0.2) is 0 Å². The average molecular weight is 309 g/mol. The summed E-state index contributed by atoms with van der Waals surface area (Å²) in [4.78, 5) is 2.35. The largest absolute Gasteiger partial charge is 0.312 e. The second-order valence-electron chi connectivity index (χ2n) is 7.08. The van der Waals surface area contributed by atoms with Crippen LogP contribution in [0.3, 0.4) is 0 Å². The molecule has 1 N–H and O–H groups in total. The van der Waals surface area contributed by atoms with Crippen LogP contribution in [-0.2, 0) is 0 Å². The summed E-state index contributed by atoms with van der Waals surface area (Å²) in [5.74, 6) is 1.43. The molecule has 1 aromatic carbocycles. The highest BCUT2D eigenvalue weighted by atomic mass is 35.5. The second-order valence-corrected chi connectivity index (χ2v) is 7.51. The van der Waals surface area contributed by atoms with Crippen molar-refractivity contribution in [2.75, 3.05) is 20.6 Å². The van der Waals surface area contributed by atoms with Crippen molar-refractivity contribution in [1.29, 1.82) is 0 Å². The fourth-order valence-corrected chi connectivity index (χ4v) is 3.34. The Kier molecular flexibility index (Phi) is 6.09. The minimum absolute atomic E-state index is 0.634. The van der Waals surface area contributed by atoms with Gasteiger partial charge >= 0.3 is 0 Å². The molecular formula is C18H29ClN2. The van der Waals surface area contributed by atoms with Gasteiger partial charge in [0.1, 0.15) is 0 Å². The Morgan fingerprint density at radius 2 is 2.00 bits per heavy atom. The highest BCUT2D eigenvalue weighted by Gasteiger charge is 2.30. The van der Waals surface area contributed by atoms with Crippen LogP contribution in [0, 0.1) is 5.92 Å². The molecule has 0 heterocycles. The molecule has 0 amide bonds. The van der Waals surface area contributed by atoms with Crippen LogP contribution in [0.1, 0.15) is 44.6 Å². The van der Waals surface area contributed by atoms with Gasteiger partial charge in [-0.25, -0.2) is 0 Å². The monoisotopic (exact) mass is 308 g/mol. The van der Waals surface area contributed by atoms with Crippen LogP contribution in [0.15, 0.2) is 24.3 Å². The first-order chi connectivity index (χ1) is 9.95. The van der Waals surface area contributed by atoms with Gasteiger partial charge in [0.25, 0.3) is 0 Å². The van der Waals surface area contributed by atoms with E-state index in [0.717, 1.165) is 17.5 Å². The molecular weight excluding hydrogens is 280 g/mol. The number of nitrogens with zero attached hydrogens (tertiary/aromatic N) is 1. The highest BCUT2D eigenvalue weighted by Crippen LogP contribution is 2.37. The lowest BCUT2D eigenvalue weighted by Gasteiger charge is -2.38. The summed E-state index contributed by atoms with van der Waals surface area (Å²) in [6, 6.07) is 9.63. The first-order valence-corrected chi connectivity index (χ1v) is 8.48. The minimum atomic E-state index is 0.634. The topological polar surface area (TPSA) is 15.3 Å². The predicted molar refractivity (Wildman–Crippen MR) is 92.1 cm³/mol. The number of hydrogen-bond donors (Lipinski definition) is 1. The van der Waals surface area contributed by atoms with Gasteiger partial charge in [-0.2, -0.15) is 0 Å². The Labute approximate surface area is 134 Å². The lowest BCUT2D eigenvalue weighted by molar-refractivity contribution is 0.214. The van der Waals surface area contributed by atoms with Crippen LogP contribution < -0.4 is 5.32 Å². The summed E-state index contributed by atoms with van der Waals surface area (Å²) < 4.78 is 0. The Morgan fingerprint density at radius 3 is 2.57 bits per heavy atom. The summed E-state index contributed by atoms with van der Waals surface area (Å²) in [6.07, 6.45) is 3.73. The van der Waals surface area contributed by atoms with Crippen molar-refractivity contribution in [3.8, 4) is 0 Å². The van der Waals surface area contributed by atoms with E-state index in [0.29, 0.717) is 18.0 Å². The van der Waals surface area contributed by atoms with E-state index in [9.17, 15) is 0 Å². The first-order valence-electron chi connectivity index (χ1n) is 8.11. The van der Waals surface area contributed by atoms with E-state index in [1.807, 2.05) is 6.07 Å². The number of halogens is 1. The van der Waals surface area contributed by atoms with Gasteiger partial charge in [-0.1, -0.05) is 37.6 Å². The minimum Gasteiger partial charge on any atom is -0.312 e. The van der Waals surface area contributed by atoms with Crippen molar-refractivity contribution in [2.24, 2.45) is 5.92 Å². The molecule has 2 nitrogen and oxygen atoms in total. The molecule has 0 bridgehead atoms. The molecule has 1 saturated carbocycles. The Bertz CT molecular complexity index is 439. The molecule has 3 heteroatoms. The van der Waals surface area contributed by atoms with Crippen molar-refractivity contribution in [3.05, 3.63) is 34.9 Å². The summed E-state index contributed by atoms with van der Waals surface area (Å²) in [6.45, 7) is 5.70. The summed E-state index contributed by atoms with van der Waals surface area (Å²) in [5, 5.41) is 4.60. The van der Waals surface area contributed by atoms with Gasteiger partial charge in [-0.15, -0.1) is 0 Å². The maximum Gasteiger partial charge on any atom is 0.0408 e. The normalized spacial score (nSPS) is 23.4. The lowest BCUT2D eigenvalue weighted by Crippen LogP contribution is -2.47. The van der Waals surface area contributed by atoms with Gasteiger partial charge in [-0.05, 0) is 62.9 Å². The molecule has 0 aromatic heterocycles. The van der Waals surface area contributed by atoms with Gasteiger partial charge in [0.2, 0.25) is 0 Å². The van der Waals surface area contributed by atoms with E-state index in [-0.39, 0.29) is 0 Å². The third-order valence-corrected chi connectivity index (χ3v) is 4.81. The third-order valence-electron chi connectivity index (χ3n) is 4.57. The van der Waals surface area contributed by atoms with Crippen LogP contribution in [0.25, 0.3) is 0 Å². The molecule has 118 valence electrons. The van der Waals surface area contributed by atoms with E-state index in [1.165, 1.54) is 24.8 Å². The quantitative estimate of drug-likeness (QED) is 0.814. The molecule has 21 heavy (non-hydrogen) atoms. The zero-order valence-electron chi connectivity index (χ0n) is 13.8. The molecule has 0 radical (unpaired) electrons. The third kappa shape index (κ3) is 4.98. The molecule has 1 aliphatic rings. The van der Waals surface area contributed by atoms with Crippen molar-refractivity contribution in [3.63, 3.8) is 0 Å². The number of likely N-dealkylation sites (N-methyl/N-ethyl adjacent to an activating group) is 1. The van der Waals surface area contributed by atoms with Crippen molar-refractivity contribution in [1.82, 2.24) is 10.2 Å². The standard InChI is InChI=1S/C18H29ClN2/c1-13(2)8-18(21(3)4)12-20-17-10-15(11-17)14-6-5-7-16(19)9-14/h5-7,9,13,15,17-18,20H,8,10-12H2,1-4H3. The predicted octanol–water partition coefficient (Wildman–Crippen LogP) is 4.15. The zero-order chi connectivity index (χ0) is 15.4. The molecule has 1 fully saturated rings. The summed E-state index contributed by atoms with van der Waals surface area (Å²) in [5.41, 5.74) is 1.40. The number of benzene rings is 1. The van der Waals surface area contributed by atoms with Gasteiger partial charge in [0, 0.05) is 23.7 Å². The molecule has 0 aliphatic heterocycles. The van der Waals surface area contributed by atoms with Gasteiger partial charge < -0.3 is 10.2 Å². The van der Waals surface area contributed by atoms with Gasteiger partial charge in [-0.3, -0.25) is 0 Å². The van der Waals surface area contributed by atoms with E-state index < -0.39 is 0 Å². The van der Waals surface area contributed by atoms with Crippen LogP contribution in [0.5, 0.6) is 0 Å². The van der Waals surface area contributed by atoms with E-state index >= 15 is 0 Å². The fourth-order valence-electron chi connectivity index (χ4n) is 3.14. The highest BCUT2D eigenvalue weighted by molar-refractivity contribution is 6.30. The molecule has 2 rings (SSSR count). The maximum absolute atomic E-state index is 6.07. The number of nitrogens with one attached hydrogen (secondary N) is 1. The molecule has 0 saturated heterocycles. The number of hydrogen-bond acceptors (Lipinski definition) is 2. The second kappa shape index (κ2) is 7.62. The molecule has 1 aliphatic carbocycles. The van der Waals surface area contributed by atoms with Crippen LogP contribution >= 0.6 is 11.6 Å². The first kappa shape index (κ1) is 16.8. The van der Waals surface area contributed by atoms with Gasteiger partial charge in [0.05, 0.1) is 0 Å². The van der Waals surface area contributed by atoms with E-state index in [2.05, 4.69) is 56.4 Å². The van der Waals surface area contributed by atoms with Crippen molar-refractivity contribution in [2.45, 2.75) is 51.1 Å². The molecule has 1 atom stereocenters. The summed E-state index contributed by atoms with van der Waals surface area (Å²) >= 11 is 6.07. The van der Waals surface area contributed by atoms with Crippen LogP contribution in [0.2, 0.25) is 5.02 Å². The smallest absolute Gasteiger partial charge is 0.0408 e. The fraction of sp³-hybridized carbons (Fsp3) is 0.667. The van der Waals surface area contributed by atoms with Crippen LogP contribution in [0.4, 0.5) is 0 Å². The Balaban J connectivity index is 1.75. The molecule has 0 spiro atoms. The SMILES string of the molecule is CC(C)CC(CNC1CC(c2cccc(Cl)c2)C1)N(C)C. The zero-order valence-corrected chi connectivity index (χ0v) is 14.5. The average Bonchev–Trinajstić information content (AvgIpc) is 2.34. The maximum atomic E-state index is 6.07. The Hall–Kier alpha value is -0.570. The van der Waals surface area contributed by atoms with Crippen LogP contribution in [-0.4, -0.2) is 37.6 Å². The number of rotatable bonds is 7. The molecule has 1 aromatic rings.